The second-order valence-electron chi connectivity index (χ2n) is 6.00. The summed E-state index contributed by atoms with van der Waals surface area (Å²) in [5, 5.41) is 0. The largest absolute Gasteiger partial charge is 0.426 e. The molecule has 2 amide bonds. The minimum Gasteiger partial charge on any atom is -0.426 e. The molecule has 2 aliphatic rings. The van der Waals surface area contributed by atoms with E-state index in [1.54, 1.807) is 0 Å². The molecule has 1 aliphatic heterocycles. The van der Waals surface area contributed by atoms with E-state index in [0.717, 1.165) is 19.3 Å². The lowest BCUT2D eigenvalue weighted by atomic mass is 9.88. The molecular formula is C16H17F2NO4. The number of alkyl halides is 2. The van der Waals surface area contributed by atoms with Crippen molar-refractivity contribution in [1.82, 2.24) is 4.90 Å². The van der Waals surface area contributed by atoms with Gasteiger partial charge in [-0.25, -0.2) is 13.6 Å². The molecule has 0 radical (unpaired) electrons. The van der Waals surface area contributed by atoms with Crippen molar-refractivity contribution in [1.29, 1.82) is 0 Å². The van der Waals surface area contributed by atoms with Gasteiger partial charge in [-0.1, -0.05) is 0 Å². The first kappa shape index (κ1) is 15.8. The highest BCUT2D eigenvalue weighted by molar-refractivity contribution is 6.10. The zero-order valence-corrected chi connectivity index (χ0v) is 12.5. The molecule has 0 unspecified atom stereocenters. The Morgan fingerprint density at radius 2 is 2.00 bits per heavy atom. The lowest BCUT2D eigenvalue weighted by Crippen LogP contribution is -2.51. The van der Waals surface area contributed by atoms with E-state index < -0.39 is 18.0 Å². The highest BCUT2D eigenvalue weighted by atomic mass is 19.3. The molecule has 7 heteroatoms. The third-order valence-corrected chi connectivity index (χ3v) is 4.44. The number of hydrogen-bond donors (Lipinski definition) is 0. The molecule has 23 heavy (non-hydrogen) atoms. The molecule has 0 bridgehead atoms. The van der Waals surface area contributed by atoms with Gasteiger partial charge < -0.3 is 4.42 Å². The van der Waals surface area contributed by atoms with Crippen molar-refractivity contribution in [2.75, 3.05) is 0 Å². The van der Waals surface area contributed by atoms with Gasteiger partial charge in [0.05, 0.1) is 12.0 Å². The predicted molar refractivity (Wildman–Crippen MR) is 76.4 cm³/mol. The van der Waals surface area contributed by atoms with Gasteiger partial charge in [-0.3, -0.25) is 14.5 Å². The summed E-state index contributed by atoms with van der Waals surface area (Å²) < 4.78 is 29.6. The molecule has 1 fully saturated rings. The van der Waals surface area contributed by atoms with Crippen molar-refractivity contribution >= 4 is 11.8 Å². The molecule has 0 saturated heterocycles. The fraction of sp³-hybridized carbons (Fsp3) is 0.562. The molecular weight excluding hydrogens is 308 g/mol. The van der Waals surface area contributed by atoms with Crippen LogP contribution in [0, 0.1) is 0 Å². The maximum absolute atomic E-state index is 12.7. The van der Waals surface area contributed by atoms with Crippen LogP contribution in [0.15, 0.2) is 15.3 Å². The van der Waals surface area contributed by atoms with E-state index in [1.807, 2.05) is 0 Å². The molecule has 0 aromatic carbocycles. The van der Waals surface area contributed by atoms with Gasteiger partial charge in [-0.2, -0.15) is 0 Å². The number of fused-ring (bicyclic) bond motifs is 1. The smallest absolute Gasteiger partial charge is 0.336 e. The summed E-state index contributed by atoms with van der Waals surface area (Å²) in [5.41, 5.74) is -0.0439. The van der Waals surface area contributed by atoms with Gasteiger partial charge in [0.2, 0.25) is 12.3 Å². The van der Waals surface area contributed by atoms with E-state index in [0.29, 0.717) is 5.56 Å². The van der Waals surface area contributed by atoms with Gasteiger partial charge in [0, 0.05) is 18.5 Å². The Bertz CT molecular complexity index is 694. The molecule has 124 valence electrons. The molecule has 0 atom stereocenters. The molecule has 1 aromatic heterocycles. The standard InChI is InChI=1S/C16H17F2NO4/c17-12(18)6-1-3-9-7-14(21)23-11-8-13(20)19(10-4-2-5-10)16(22)15(9)11/h7,10,12H,1-6,8H2. The lowest BCUT2D eigenvalue weighted by Gasteiger charge is -2.38. The van der Waals surface area contributed by atoms with Crippen LogP contribution < -0.4 is 5.63 Å². The summed E-state index contributed by atoms with van der Waals surface area (Å²) >= 11 is 0. The van der Waals surface area contributed by atoms with Crippen LogP contribution in [0.2, 0.25) is 0 Å². The van der Waals surface area contributed by atoms with Crippen molar-refractivity contribution in [3.8, 4) is 0 Å². The van der Waals surface area contributed by atoms with E-state index in [4.69, 9.17) is 4.42 Å². The number of imide groups is 1. The van der Waals surface area contributed by atoms with Crippen molar-refractivity contribution in [3.63, 3.8) is 0 Å². The SMILES string of the molecule is O=C1Cc2oc(=O)cc(CCCC(F)F)c2C(=O)N1C1CCC1. The monoisotopic (exact) mass is 325 g/mol. The molecule has 1 aromatic rings. The Balaban J connectivity index is 1.92. The summed E-state index contributed by atoms with van der Waals surface area (Å²) in [6.07, 6.45) is 0.0439. The van der Waals surface area contributed by atoms with Gasteiger partial charge in [0.25, 0.3) is 5.91 Å². The number of hydrogen-bond acceptors (Lipinski definition) is 4. The first-order valence-electron chi connectivity index (χ1n) is 7.78. The maximum atomic E-state index is 12.7. The Hall–Kier alpha value is -2.05. The number of nitrogens with zero attached hydrogens (tertiary/aromatic N) is 1. The normalized spacial score (nSPS) is 18.3. The van der Waals surface area contributed by atoms with Crippen LogP contribution in [0.3, 0.4) is 0 Å². The Kier molecular flexibility index (Phi) is 4.28. The van der Waals surface area contributed by atoms with Crippen LogP contribution in [0.25, 0.3) is 0 Å². The van der Waals surface area contributed by atoms with Crippen molar-refractivity contribution in [2.45, 2.75) is 57.4 Å². The first-order chi connectivity index (χ1) is 11.0. The number of carbonyl (C=O) groups excluding carboxylic acids is 2. The van der Waals surface area contributed by atoms with Gasteiger partial charge in [-0.05, 0) is 37.7 Å². The lowest BCUT2D eigenvalue weighted by molar-refractivity contribution is -0.132. The fourth-order valence-electron chi connectivity index (χ4n) is 3.09. The van der Waals surface area contributed by atoms with Crippen LogP contribution >= 0.6 is 0 Å². The van der Waals surface area contributed by atoms with Crippen LogP contribution in [0.5, 0.6) is 0 Å². The molecule has 2 heterocycles. The average Bonchev–Trinajstić information content (AvgIpc) is 2.39. The minimum absolute atomic E-state index is 0.0649. The zero-order valence-electron chi connectivity index (χ0n) is 12.5. The van der Waals surface area contributed by atoms with Crippen molar-refractivity contribution in [3.05, 3.63) is 33.4 Å². The highest BCUT2D eigenvalue weighted by Crippen LogP contribution is 2.31. The molecule has 0 spiro atoms. The van der Waals surface area contributed by atoms with Crippen LogP contribution in [0.1, 0.15) is 53.8 Å². The Labute approximate surface area is 131 Å². The maximum Gasteiger partial charge on any atom is 0.336 e. The van der Waals surface area contributed by atoms with Crippen molar-refractivity contribution < 1.29 is 22.8 Å². The summed E-state index contributed by atoms with van der Waals surface area (Å²) in [6.45, 7) is 0. The molecule has 1 aliphatic carbocycles. The summed E-state index contributed by atoms with van der Waals surface area (Å²) in [4.78, 5) is 37.7. The van der Waals surface area contributed by atoms with Gasteiger partial charge >= 0.3 is 5.63 Å². The van der Waals surface area contributed by atoms with Gasteiger partial charge in [-0.15, -0.1) is 0 Å². The summed E-state index contributed by atoms with van der Waals surface area (Å²) in [6, 6.07) is 1.08. The number of amides is 2. The predicted octanol–water partition coefficient (Wildman–Crippen LogP) is 2.31. The van der Waals surface area contributed by atoms with E-state index in [-0.39, 0.29) is 49.0 Å². The van der Waals surface area contributed by atoms with E-state index in [1.165, 1.54) is 11.0 Å². The van der Waals surface area contributed by atoms with Crippen LogP contribution in [-0.2, 0) is 17.6 Å². The molecule has 3 rings (SSSR count). The number of rotatable bonds is 5. The molecule has 0 N–H and O–H groups in total. The number of aryl methyl sites for hydroxylation is 1. The van der Waals surface area contributed by atoms with Gasteiger partial charge in [0.1, 0.15) is 5.76 Å². The zero-order chi connectivity index (χ0) is 16.6. The quantitative estimate of drug-likeness (QED) is 0.779. The van der Waals surface area contributed by atoms with Crippen LogP contribution in [0.4, 0.5) is 8.78 Å². The second-order valence-corrected chi connectivity index (χ2v) is 6.00. The highest BCUT2D eigenvalue weighted by Gasteiger charge is 2.40. The number of carbonyl (C=O) groups is 2. The third-order valence-electron chi connectivity index (χ3n) is 4.44. The second kappa shape index (κ2) is 6.22. The van der Waals surface area contributed by atoms with E-state index in [9.17, 15) is 23.2 Å². The molecule has 5 nitrogen and oxygen atoms in total. The summed E-state index contributed by atoms with van der Waals surface area (Å²) in [5.74, 6) is -0.757. The average molecular weight is 325 g/mol. The summed E-state index contributed by atoms with van der Waals surface area (Å²) in [7, 11) is 0. The minimum atomic E-state index is -2.42. The number of halogens is 2. The topological polar surface area (TPSA) is 67.6 Å². The van der Waals surface area contributed by atoms with Crippen LogP contribution in [-0.4, -0.2) is 29.2 Å². The van der Waals surface area contributed by atoms with E-state index >= 15 is 0 Å². The van der Waals surface area contributed by atoms with Crippen molar-refractivity contribution in [2.24, 2.45) is 0 Å². The first-order valence-corrected chi connectivity index (χ1v) is 7.78. The fourth-order valence-corrected chi connectivity index (χ4v) is 3.09. The molecule has 1 saturated carbocycles. The Morgan fingerprint density at radius 1 is 1.26 bits per heavy atom. The third kappa shape index (κ3) is 3.04. The van der Waals surface area contributed by atoms with E-state index in [2.05, 4.69) is 0 Å². The Morgan fingerprint density at radius 3 is 2.61 bits per heavy atom. The van der Waals surface area contributed by atoms with Gasteiger partial charge in [0.15, 0.2) is 0 Å².